The molecule has 1 heterocycles. The van der Waals surface area contributed by atoms with Crippen molar-refractivity contribution in [1.82, 2.24) is 10.2 Å². The SMILES string of the molecule is CC(C)N(C)C(=O)CNCCc1ccsc1. The normalized spacial score (nSPS) is 10.8. The number of carbonyl (C=O) groups excluding carboxylic acids is 1. The minimum Gasteiger partial charge on any atom is -0.342 e. The van der Waals surface area contributed by atoms with Crippen molar-refractivity contribution in [2.24, 2.45) is 0 Å². The summed E-state index contributed by atoms with van der Waals surface area (Å²) in [5.74, 6) is 0.153. The summed E-state index contributed by atoms with van der Waals surface area (Å²) in [6, 6.07) is 2.39. The van der Waals surface area contributed by atoms with Crippen molar-refractivity contribution in [2.45, 2.75) is 26.3 Å². The Kier molecular flexibility index (Phi) is 5.49. The summed E-state index contributed by atoms with van der Waals surface area (Å²) in [5, 5.41) is 7.39. The maximum atomic E-state index is 11.6. The molecule has 0 aliphatic heterocycles. The molecule has 0 saturated carbocycles. The minimum absolute atomic E-state index is 0.153. The third-order valence-corrected chi connectivity index (χ3v) is 3.35. The van der Waals surface area contributed by atoms with E-state index in [1.807, 2.05) is 20.9 Å². The molecule has 0 aromatic carbocycles. The van der Waals surface area contributed by atoms with Gasteiger partial charge in [-0.15, -0.1) is 0 Å². The number of likely N-dealkylation sites (N-methyl/N-ethyl adjacent to an activating group) is 1. The average molecular weight is 240 g/mol. The molecule has 0 spiro atoms. The van der Waals surface area contributed by atoms with E-state index in [2.05, 4.69) is 22.1 Å². The zero-order chi connectivity index (χ0) is 12.0. The Morgan fingerprint density at radius 2 is 2.31 bits per heavy atom. The van der Waals surface area contributed by atoms with E-state index in [0.717, 1.165) is 13.0 Å². The lowest BCUT2D eigenvalue weighted by Crippen LogP contribution is -2.39. The first-order valence-corrected chi connectivity index (χ1v) is 6.53. The molecule has 0 aliphatic carbocycles. The van der Waals surface area contributed by atoms with E-state index in [-0.39, 0.29) is 11.9 Å². The van der Waals surface area contributed by atoms with Gasteiger partial charge in [0.1, 0.15) is 0 Å². The lowest BCUT2D eigenvalue weighted by molar-refractivity contribution is -0.130. The van der Waals surface area contributed by atoms with Gasteiger partial charge in [-0.1, -0.05) is 0 Å². The van der Waals surface area contributed by atoms with Gasteiger partial charge in [0.05, 0.1) is 6.54 Å². The molecule has 4 heteroatoms. The van der Waals surface area contributed by atoms with Gasteiger partial charge in [-0.2, -0.15) is 11.3 Å². The third-order valence-electron chi connectivity index (χ3n) is 2.61. The molecule has 1 N–H and O–H groups in total. The first-order chi connectivity index (χ1) is 7.61. The molecular weight excluding hydrogens is 220 g/mol. The quantitative estimate of drug-likeness (QED) is 0.768. The van der Waals surface area contributed by atoms with Crippen molar-refractivity contribution in [3.8, 4) is 0 Å². The summed E-state index contributed by atoms with van der Waals surface area (Å²) in [6.07, 6.45) is 0.988. The first-order valence-electron chi connectivity index (χ1n) is 5.58. The maximum absolute atomic E-state index is 11.6. The van der Waals surface area contributed by atoms with Crippen molar-refractivity contribution in [1.29, 1.82) is 0 Å². The molecular formula is C12H20N2OS. The van der Waals surface area contributed by atoms with Gasteiger partial charge in [-0.25, -0.2) is 0 Å². The molecule has 1 amide bonds. The fourth-order valence-electron chi connectivity index (χ4n) is 1.28. The van der Waals surface area contributed by atoms with Gasteiger partial charge in [-0.3, -0.25) is 4.79 Å². The van der Waals surface area contributed by atoms with Gasteiger partial charge in [0, 0.05) is 13.1 Å². The second-order valence-electron chi connectivity index (χ2n) is 4.16. The van der Waals surface area contributed by atoms with Crippen molar-refractivity contribution in [3.63, 3.8) is 0 Å². The standard InChI is InChI=1S/C12H20N2OS/c1-10(2)14(3)12(15)8-13-6-4-11-5-7-16-9-11/h5,7,9-10,13H,4,6,8H2,1-3H3. The predicted octanol–water partition coefficient (Wildman–Crippen LogP) is 1.75. The molecule has 0 saturated heterocycles. The second-order valence-corrected chi connectivity index (χ2v) is 4.94. The highest BCUT2D eigenvalue weighted by molar-refractivity contribution is 7.07. The van der Waals surface area contributed by atoms with Crippen LogP contribution in [0.5, 0.6) is 0 Å². The molecule has 1 rings (SSSR count). The van der Waals surface area contributed by atoms with E-state index >= 15 is 0 Å². The molecule has 0 fully saturated rings. The summed E-state index contributed by atoms with van der Waals surface area (Å²) in [7, 11) is 1.84. The summed E-state index contributed by atoms with van der Waals surface area (Å²) in [6.45, 7) is 5.32. The highest BCUT2D eigenvalue weighted by atomic mass is 32.1. The highest BCUT2D eigenvalue weighted by Gasteiger charge is 2.10. The van der Waals surface area contributed by atoms with Crippen molar-refractivity contribution >= 4 is 17.2 Å². The van der Waals surface area contributed by atoms with E-state index < -0.39 is 0 Å². The number of hydrogen-bond donors (Lipinski definition) is 1. The number of thiophene rings is 1. The van der Waals surface area contributed by atoms with Crippen LogP contribution in [0, 0.1) is 0 Å². The number of rotatable bonds is 6. The molecule has 0 aliphatic rings. The number of carbonyl (C=O) groups is 1. The number of hydrogen-bond acceptors (Lipinski definition) is 3. The van der Waals surface area contributed by atoms with Gasteiger partial charge >= 0.3 is 0 Å². The van der Waals surface area contributed by atoms with Crippen LogP contribution >= 0.6 is 11.3 Å². The fourth-order valence-corrected chi connectivity index (χ4v) is 1.98. The van der Waals surface area contributed by atoms with Crippen LogP contribution in [-0.2, 0) is 11.2 Å². The average Bonchev–Trinajstić information content (AvgIpc) is 2.75. The van der Waals surface area contributed by atoms with Crippen LogP contribution in [-0.4, -0.2) is 37.0 Å². The van der Waals surface area contributed by atoms with Gasteiger partial charge < -0.3 is 10.2 Å². The van der Waals surface area contributed by atoms with Crippen LogP contribution in [0.3, 0.4) is 0 Å². The Balaban J connectivity index is 2.13. The molecule has 1 aromatic heterocycles. The predicted molar refractivity (Wildman–Crippen MR) is 68.8 cm³/mol. The van der Waals surface area contributed by atoms with Crippen LogP contribution in [0.4, 0.5) is 0 Å². The summed E-state index contributed by atoms with van der Waals surface area (Å²) in [4.78, 5) is 13.4. The highest BCUT2D eigenvalue weighted by Crippen LogP contribution is 2.05. The Morgan fingerprint density at radius 1 is 1.56 bits per heavy atom. The summed E-state index contributed by atoms with van der Waals surface area (Å²) in [5.41, 5.74) is 1.34. The molecule has 16 heavy (non-hydrogen) atoms. The maximum Gasteiger partial charge on any atom is 0.236 e. The number of nitrogens with zero attached hydrogens (tertiary/aromatic N) is 1. The van der Waals surface area contributed by atoms with E-state index in [9.17, 15) is 4.79 Å². The number of amides is 1. The van der Waals surface area contributed by atoms with E-state index in [4.69, 9.17) is 0 Å². The first kappa shape index (κ1) is 13.2. The Labute approximate surface area is 101 Å². The minimum atomic E-state index is 0.153. The fraction of sp³-hybridized carbons (Fsp3) is 0.583. The zero-order valence-corrected chi connectivity index (χ0v) is 11.0. The van der Waals surface area contributed by atoms with Crippen molar-refractivity contribution in [2.75, 3.05) is 20.1 Å². The van der Waals surface area contributed by atoms with Crippen molar-refractivity contribution in [3.05, 3.63) is 22.4 Å². The smallest absolute Gasteiger partial charge is 0.236 e. The molecule has 0 atom stereocenters. The molecule has 0 unspecified atom stereocenters. The van der Waals surface area contributed by atoms with Gasteiger partial charge in [-0.05, 0) is 49.2 Å². The summed E-state index contributed by atoms with van der Waals surface area (Å²) < 4.78 is 0. The topological polar surface area (TPSA) is 32.3 Å². The Morgan fingerprint density at radius 3 is 2.88 bits per heavy atom. The van der Waals surface area contributed by atoms with Crippen LogP contribution < -0.4 is 5.32 Å². The van der Waals surface area contributed by atoms with Gasteiger partial charge in [0.15, 0.2) is 0 Å². The Hall–Kier alpha value is -0.870. The lowest BCUT2D eigenvalue weighted by Gasteiger charge is -2.21. The third kappa shape index (κ3) is 4.33. The van der Waals surface area contributed by atoms with Crippen LogP contribution in [0.15, 0.2) is 16.8 Å². The molecule has 90 valence electrons. The van der Waals surface area contributed by atoms with E-state index in [0.29, 0.717) is 6.54 Å². The molecule has 3 nitrogen and oxygen atoms in total. The zero-order valence-electron chi connectivity index (χ0n) is 10.2. The van der Waals surface area contributed by atoms with E-state index in [1.165, 1.54) is 5.56 Å². The van der Waals surface area contributed by atoms with Crippen LogP contribution in [0.25, 0.3) is 0 Å². The molecule has 0 bridgehead atoms. The van der Waals surface area contributed by atoms with Crippen LogP contribution in [0.1, 0.15) is 19.4 Å². The van der Waals surface area contributed by atoms with Crippen molar-refractivity contribution < 1.29 is 4.79 Å². The molecule has 0 radical (unpaired) electrons. The van der Waals surface area contributed by atoms with E-state index in [1.54, 1.807) is 16.2 Å². The van der Waals surface area contributed by atoms with Gasteiger partial charge in [0.2, 0.25) is 5.91 Å². The van der Waals surface area contributed by atoms with Crippen LogP contribution in [0.2, 0.25) is 0 Å². The van der Waals surface area contributed by atoms with Gasteiger partial charge in [0.25, 0.3) is 0 Å². The lowest BCUT2D eigenvalue weighted by atomic mass is 10.2. The summed E-state index contributed by atoms with van der Waals surface area (Å²) >= 11 is 1.71. The largest absolute Gasteiger partial charge is 0.342 e. The second kappa shape index (κ2) is 6.66. The molecule has 1 aromatic rings. The Bertz CT molecular complexity index is 309. The monoisotopic (exact) mass is 240 g/mol. The number of nitrogens with one attached hydrogen (secondary N) is 1.